The van der Waals surface area contributed by atoms with Gasteiger partial charge in [0.2, 0.25) is 11.8 Å². The fourth-order valence-corrected chi connectivity index (χ4v) is 9.20. The van der Waals surface area contributed by atoms with E-state index in [4.69, 9.17) is 25.2 Å². The van der Waals surface area contributed by atoms with Crippen molar-refractivity contribution in [2.24, 2.45) is 23.5 Å². The highest BCUT2D eigenvalue weighted by Crippen LogP contribution is 2.51. The molecule has 4 aliphatic rings. The first kappa shape index (κ1) is 37.4. The number of hydrogen-bond acceptors (Lipinski definition) is 8. The predicted octanol–water partition coefficient (Wildman–Crippen LogP) is 6.73. The number of rotatable bonds is 9. The van der Waals surface area contributed by atoms with Crippen molar-refractivity contribution in [3.05, 3.63) is 95.3 Å². The Hall–Kier alpha value is -6.15. The minimum absolute atomic E-state index is 0.109. The first-order valence-corrected chi connectivity index (χ1v) is 20.0. The van der Waals surface area contributed by atoms with E-state index in [-0.39, 0.29) is 35.7 Å². The number of benzene rings is 3. The SMILES string of the molecule is CC(C)[C@H](NC(=O)O)C(=O)N1C[C@@H](C)C[C@H]1c1ncc(-c2cc3c4c(c2)OCc2cc(-c5cnc([C@@H]6C[C@H](C)CN6C(=O)[C@H](N)c6ccccc6)[nH]5)cc(c2-4)OC3)[nH]1. The Bertz CT molecular complexity index is 2360. The number of aromatic nitrogens is 4. The largest absolute Gasteiger partial charge is 0.488 e. The Morgan fingerprint density at radius 3 is 1.78 bits per heavy atom. The molecule has 2 fully saturated rings. The molecule has 58 heavy (non-hydrogen) atoms. The van der Waals surface area contributed by atoms with Gasteiger partial charge in [0.1, 0.15) is 48.4 Å². The fourth-order valence-electron chi connectivity index (χ4n) is 9.20. The highest BCUT2D eigenvalue weighted by atomic mass is 16.5. The van der Waals surface area contributed by atoms with E-state index < -0.39 is 18.2 Å². The summed E-state index contributed by atoms with van der Waals surface area (Å²) in [6.07, 6.45) is 3.88. The van der Waals surface area contributed by atoms with Gasteiger partial charge in [-0.2, -0.15) is 0 Å². The fraction of sp³-hybridized carbons (Fsp3) is 0.386. The summed E-state index contributed by atoms with van der Waals surface area (Å²) in [5.74, 6) is 2.89. The lowest BCUT2D eigenvalue weighted by Gasteiger charge is -2.30. The Morgan fingerprint density at radius 2 is 1.29 bits per heavy atom. The van der Waals surface area contributed by atoms with Gasteiger partial charge < -0.3 is 45.4 Å². The van der Waals surface area contributed by atoms with Crippen LogP contribution in [-0.2, 0) is 22.8 Å². The zero-order valence-corrected chi connectivity index (χ0v) is 33.0. The zero-order chi connectivity index (χ0) is 40.4. The van der Waals surface area contributed by atoms with Crippen LogP contribution in [0, 0.1) is 17.8 Å². The summed E-state index contributed by atoms with van der Waals surface area (Å²) in [7, 11) is 0. The van der Waals surface area contributed by atoms with Gasteiger partial charge in [-0.05, 0) is 60.4 Å². The first-order valence-electron chi connectivity index (χ1n) is 20.0. The van der Waals surface area contributed by atoms with E-state index in [0.29, 0.717) is 44.5 Å². The van der Waals surface area contributed by atoms with Crippen molar-refractivity contribution in [3.8, 4) is 45.1 Å². The molecule has 3 amide bonds. The minimum Gasteiger partial charge on any atom is -0.488 e. The average Bonchev–Trinajstić information content (AvgIpc) is 4.05. The second kappa shape index (κ2) is 14.7. The standard InChI is InChI=1S/C44H48N8O6/c1-22(2)39(50-44(55)56)43(54)52-19-24(4)11-33(52)41-47-17-31(49-41)27-13-29-21-57-34-14-26(12-28-20-58-35(15-27)37(29)36(28)34)30-16-46-40(48-30)32-10-23(3)18-51(32)42(53)38(45)25-8-6-5-7-9-25/h5-9,12-17,22-24,32-33,38-39,50H,10-11,18-21,45H2,1-4H3,(H,46,48)(H,47,49)(H,55,56)/t23-,24-,32-,33-,38+,39-/m0/s1. The van der Waals surface area contributed by atoms with Gasteiger partial charge in [0, 0.05) is 46.5 Å². The molecule has 6 atom stereocenters. The summed E-state index contributed by atoms with van der Waals surface area (Å²) in [6.45, 7) is 9.74. The van der Waals surface area contributed by atoms with Crippen molar-refractivity contribution in [2.75, 3.05) is 13.1 Å². The van der Waals surface area contributed by atoms with Gasteiger partial charge in [0.25, 0.3) is 0 Å². The number of imidazole rings is 2. The molecule has 0 aliphatic carbocycles. The molecule has 5 aromatic rings. The van der Waals surface area contributed by atoms with Gasteiger partial charge in [-0.1, -0.05) is 58.0 Å². The third-order valence-electron chi connectivity index (χ3n) is 12.1. The maximum atomic E-state index is 13.7. The summed E-state index contributed by atoms with van der Waals surface area (Å²) in [5, 5.41) is 11.8. The van der Waals surface area contributed by atoms with Crippen LogP contribution in [-0.4, -0.2) is 71.9 Å². The number of nitrogens with two attached hydrogens (primary N) is 1. The van der Waals surface area contributed by atoms with Crippen molar-refractivity contribution in [1.29, 1.82) is 0 Å². The van der Waals surface area contributed by atoms with Crippen LogP contribution in [0.3, 0.4) is 0 Å². The second-order valence-corrected chi connectivity index (χ2v) is 16.7. The lowest BCUT2D eigenvalue weighted by Crippen LogP contribution is -2.50. The van der Waals surface area contributed by atoms with E-state index in [9.17, 15) is 19.5 Å². The maximum Gasteiger partial charge on any atom is 0.405 e. The van der Waals surface area contributed by atoms with Gasteiger partial charge in [0.15, 0.2) is 0 Å². The lowest BCUT2D eigenvalue weighted by atomic mass is 9.87. The highest BCUT2D eigenvalue weighted by molar-refractivity contribution is 5.89. The molecule has 9 rings (SSSR count). The van der Waals surface area contributed by atoms with Crippen molar-refractivity contribution in [3.63, 3.8) is 0 Å². The molecule has 0 unspecified atom stereocenters. The number of nitrogens with zero attached hydrogens (tertiary/aromatic N) is 4. The molecule has 6 N–H and O–H groups in total. The number of likely N-dealkylation sites (tertiary alicyclic amines) is 2. The Kier molecular flexibility index (Phi) is 9.46. The molecule has 6 heterocycles. The highest BCUT2D eigenvalue weighted by Gasteiger charge is 2.41. The van der Waals surface area contributed by atoms with Crippen LogP contribution in [0.4, 0.5) is 4.79 Å². The van der Waals surface area contributed by atoms with Crippen LogP contribution in [0.2, 0.25) is 0 Å². The summed E-state index contributed by atoms with van der Waals surface area (Å²) >= 11 is 0. The topological polar surface area (TPSA) is 192 Å². The summed E-state index contributed by atoms with van der Waals surface area (Å²) in [5.41, 5.74) is 14.7. The monoisotopic (exact) mass is 784 g/mol. The minimum atomic E-state index is -1.22. The molecule has 14 heteroatoms. The Balaban J connectivity index is 0.959. The zero-order valence-electron chi connectivity index (χ0n) is 33.0. The van der Waals surface area contributed by atoms with Crippen LogP contribution >= 0.6 is 0 Å². The second-order valence-electron chi connectivity index (χ2n) is 16.7. The van der Waals surface area contributed by atoms with Crippen molar-refractivity contribution in [1.82, 2.24) is 35.1 Å². The van der Waals surface area contributed by atoms with E-state index in [1.54, 1.807) is 11.1 Å². The van der Waals surface area contributed by atoms with Crippen molar-refractivity contribution >= 4 is 17.9 Å². The molecular weight excluding hydrogens is 737 g/mol. The van der Waals surface area contributed by atoms with Crippen LogP contribution < -0.4 is 20.5 Å². The van der Waals surface area contributed by atoms with Crippen LogP contribution in [0.15, 0.2) is 67.0 Å². The Labute approximate surface area is 336 Å². The van der Waals surface area contributed by atoms with Gasteiger partial charge in [-0.25, -0.2) is 14.8 Å². The molecule has 0 saturated carbocycles. The molecule has 0 radical (unpaired) electrons. The number of nitrogens with one attached hydrogen (secondary N) is 3. The smallest absolute Gasteiger partial charge is 0.405 e. The van der Waals surface area contributed by atoms with Crippen LogP contribution in [0.5, 0.6) is 11.5 Å². The number of aromatic amines is 2. The van der Waals surface area contributed by atoms with Gasteiger partial charge >= 0.3 is 6.09 Å². The maximum absolute atomic E-state index is 13.7. The van der Waals surface area contributed by atoms with E-state index in [1.165, 1.54) is 0 Å². The van der Waals surface area contributed by atoms with E-state index in [2.05, 4.69) is 41.3 Å². The van der Waals surface area contributed by atoms with E-state index in [1.807, 2.05) is 67.4 Å². The first-order chi connectivity index (χ1) is 27.9. The average molecular weight is 785 g/mol. The summed E-state index contributed by atoms with van der Waals surface area (Å²) < 4.78 is 12.9. The number of amides is 3. The predicted molar refractivity (Wildman–Crippen MR) is 215 cm³/mol. The number of carbonyl (C=O) groups excluding carboxylic acids is 2. The third kappa shape index (κ3) is 6.64. The number of hydrogen-bond donors (Lipinski definition) is 5. The molecule has 4 aliphatic heterocycles. The van der Waals surface area contributed by atoms with Crippen LogP contribution in [0.1, 0.15) is 87.0 Å². The molecule has 0 bridgehead atoms. The number of carboxylic acid groups (broad SMARTS) is 1. The molecule has 2 saturated heterocycles. The number of ether oxygens (including phenoxy) is 2. The van der Waals surface area contributed by atoms with Crippen molar-refractivity contribution < 1.29 is 29.0 Å². The van der Waals surface area contributed by atoms with Crippen LogP contribution in [0.25, 0.3) is 33.6 Å². The number of carbonyl (C=O) groups is 3. The molecule has 2 aromatic heterocycles. The molecule has 0 spiro atoms. The third-order valence-corrected chi connectivity index (χ3v) is 12.1. The molecule has 3 aromatic carbocycles. The summed E-state index contributed by atoms with van der Waals surface area (Å²) in [6, 6.07) is 15.6. The molecule has 300 valence electrons. The molecular formula is C44H48N8O6. The van der Waals surface area contributed by atoms with Gasteiger partial charge in [-0.3, -0.25) is 9.59 Å². The van der Waals surface area contributed by atoms with E-state index in [0.717, 1.165) is 74.1 Å². The van der Waals surface area contributed by atoms with Crippen molar-refractivity contribution in [2.45, 2.75) is 77.9 Å². The normalized spacial score (nSPS) is 21.6. The number of H-pyrrole nitrogens is 2. The quantitative estimate of drug-likeness (QED) is 0.108. The van der Waals surface area contributed by atoms with Gasteiger partial charge in [-0.15, -0.1) is 0 Å². The van der Waals surface area contributed by atoms with E-state index >= 15 is 0 Å². The lowest BCUT2D eigenvalue weighted by molar-refractivity contribution is -0.135. The molecule has 14 nitrogen and oxygen atoms in total. The Morgan fingerprint density at radius 1 is 0.793 bits per heavy atom. The summed E-state index contributed by atoms with van der Waals surface area (Å²) in [4.78, 5) is 58.9. The van der Waals surface area contributed by atoms with Gasteiger partial charge in [0.05, 0.1) is 35.9 Å².